The van der Waals surface area contributed by atoms with Crippen LogP contribution >= 0.6 is 0 Å². The van der Waals surface area contributed by atoms with Gasteiger partial charge >= 0.3 is 0 Å². The Labute approximate surface area is 133 Å². The van der Waals surface area contributed by atoms with E-state index in [2.05, 4.69) is 33.9 Å². The largest absolute Gasteiger partial charge is 0.298 e. The van der Waals surface area contributed by atoms with E-state index in [1.54, 1.807) is 6.92 Å². The van der Waals surface area contributed by atoms with Crippen LogP contribution in [0.5, 0.6) is 0 Å². The van der Waals surface area contributed by atoms with Crippen LogP contribution < -0.4 is 5.19 Å². The van der Waals surface area contributed by atoms with E-state index in [4.69, 9.17) is 0 Å². The molecule has 0 saturated heterocycles. The van der Waals surface area contributed by atoms with Gasteiger partial charge in [-0.3, -0.25) is 9.59 Å². The Kier molecular flexibility index (Phi) is 4.13. The summed E-state index contributed by atoms with van der Waals surface area (Å²) in [5, 5.41) is 1.07. The maximum Gasteiger partial charge on any atom is 0.160 e. The molecule has 2 nitrogen and oxygen atoms in total. The number of ketones is 1. The minimum atomic E-state index is -2.02. The molecule has 0 bridgehead atoms. The highest BCUT2D eigenvalue weighted by Gasteiger charge is 2.43. The molecule has 0 spiro atoms. The Balaban J connectivity index is 3.00. The summed E-state index contributed by atoms with van der Waals surface area (Å²) < 4.78 is 0. The van der Waals surface area contributed by atoms with E-state index >= 15 is 0 Å². The smallest absolute Gasteiger partial charge is 0.160 e. The van der Waals surface area contributed by atoms with Crippen molar-refractivity contribution in [1.29, 1.82) is 0 Å². The molecule has 22 heavy (non-hydrogen) atoms. The number of carbonyl (C=O) groups excluding carboxylic acids is 2. The number of carbonyl (C=O) groups is 2. The fourth-order valence-corrected chi connectivity index (χ4v) is 5.47. The lowest BCUT2D eigenvalue weighted by molar-refractivity contribution is 0.101. The topological polar surface area (TPSA) is 34.1 Å². The van der Waals surface area contributed by atoms with Gasteiger partial charge in [-0.2, -0.15) is 0 Å². The lowest BCUT2D eigenvalue weighted by Crippen LogP contribution is -2.52. The van der Waals surface area contributed by atoms with Gasteiger partial charge < -0.3 is 0 Å². The second-order valence-electron chi connectivity index (χ2n) is 7.45. The highest BCUT2D eigenvalue weighted by Crippen LogP contribution is 2.40. The molecule has 0 aromatic heterocycles. The third-order valence-corrected chi connectivity index (χ3v) is 10.6. The van der Waals surface area contributed by atoms with Crippen LogP contribution in [0.25, 0.3) is 11.1 Å². The van der Waals surface area contributed by atoms with Crippen molar-refractivity contribution in [2.24, 2.45) is 0 Å². The lowest BCUT2D eigenvalue weighted by atomic mass is 10.1. The first-order valence-electron chi connectivity index (χ1n) is 7.64. The van der Waals surface area contributed by atoms with Gasteiger partial charge in [0.1, 0.15) is 0 Å². The third-order valence-electron chi connectivity index (χ3n) is 5.09. The Morgan fingerprint density at radius 2 is 1.59 bits per heavy atom. The number of hydrogen-bond acceptors (Lipinski definition) is 2. The molecule has 0 N–H and O–H groups in total. The Hall–Kier alpha value is -1.74. The summed E-state index contributed by atoms with van der Waals surface area (Å²) in [6.07, 6.45) is 0.935. The molecule has 0 radical (unpaired) electrons. The monoisotopic (exact) mass is 312 g/mol. The Morgan fingerprint density at radius 3 is 2.05 bits per heavy atom. The van der Waals surface area contributed by atoms with Crippen LogP contribution in [0.1, 0.15) is 48.4 Å². The molecule has 0 atom stereocenters. The number of fused-ring (bicyclic) bond motifs is 1. The van der Waals surface area contributed by atoms with Gasteiger partial charge in [-0.05, 0) is 28.3 Å². The van der Waals surface area contributed by atoms with Crippen molar-refractivity contribution in [1.82, 2.24) is 0 Å². The Bertz CT molecular complexity index is 708. The van der Waals surface area contributed by atoms with Gasteiger partial charge in [0.15, 0.2) is 12.1 Å². The molecule has 0 unspecified atom stereocenters. The van der Waals surface area contributed by atoms with Crippen LogP contribution in [-0.2, 0) is 0 Å². The average molecular weight is 312 g/mol. The maximum absolute atomic E-state index is 12.4. The quantitative estimate of drug-likeness (QED) is 0.474. The predicted octanol–water partition coefficient (Wildman–Crippen LogP) is 4.52. The maximum atomic E-state index is 12.4. The van der Waals surface area contributed by atoms with E-state index in [-0.39, 0.29) is 10.8 Å². The molecule has 0 heterocycles. The molecular formula is C19H24O2Si. The first-order chi connectivity index (χ1) is 10.1. The van der Waals surface area contributed by atoms with Gasteiger partial charge in [-0.1, -0.05) is 64.2 Å². The summed E-state index contributed by atoms with van der Waals surface area (Å²) in [6.45, 7) is 12.7. The van der Waals surface area contributed by atoms with Crippen molar-refractivity contribution < 1.29 is 9.59 Å². The Morgan fingerprint density at radius 1 is 1.05 bits per heavy atom. The number of aldehydes is 1. The minimum absolute atomic E-state index is 0.0455. The van der Waals surface area contributed by atoms with Crippen LogP contribution in [0.3, 0.4) is 0 Å². The lowest BCUT2D eigenvalue weighted by Gasteiger charge is -2.38. The fourth-order valence-electron chi connectivity index (χ4n) is 2.92. The van der Waals surface area contributed by atoms with E-state index < -0.39 is 8.07 Å². The summed E-state index contributed by atoms with van der Waals surface area (Å²) in [6, 6.07) is 9.68. The molecule has 0 amide bonds. The normalized spacial score (nSPS) is 12.5. The summed E-state index contributed by atoms with van der Waals surface area (Å²) >= 11 is 0. The van der Waals surface area contributed by atoms with Gasteiger partial charge in [-0.15, -0.1) is 0 Å². The number of Topliss-reactive ketones (excluding diaryl/α,β-unsaturated/α-hetero) is 1. The highest BCUT2D eigenvalue weighted by molar-refractivity contribution is 6.94. The second kappa shape index (κ2) is 5.47. The summed E-state index contributed by atoms with van der Waals surface area (Å²) in [5.41, 5.74) is 3.26. The fraction of sp³-hybridized carbons (Fsp3) is 0.368. The van der Waals surface area contributed by atoms with Crippen molar-refractivity contribution in [3.05, 3.63) is 41.5 Å². The first-order valence-corrected chi connectivity index (χ1v) is 10.6. The molecule has 0 aliphatic heterocycles. The third kappa shape index (κ3) is 2.43. The van der Waals surface area contributed by atoms with Crippen LogP contribution in [0.15, 0.2) is 30.3 Å². The van der Waals surface area contributed by atoms with E-state index in [0.29, 0.717) is 5.56 Å². The zero-order chi connectivity index (χ0) is 16.7. The molecule has 0 saturated carbocycles. The SMILES string of the molecule is CC(=O)c1c2cccccc-2c(C=O)c1[Si](C)(C)C(C)(C)C. The van der Waals surface area contributed by atoms with Crippen molar-refractivity contribution in [2.75, 3.05) is 0 Å². The highest BCUT2D eigenvalue weighted by atomic mass is 28.3. The van der Waals surface area contributed by atoms with E-state index in [1.165, 1.54) is 0 Å². The van der Waals surface area contributed by atoms with Crippen LogP contribution in [0.2, 0.25) is 18.1 Å². The molecule has 2 aliphatic carbocycles. The van der Waals surface area contributed by atoms with E-state index in [1.807, 2.05) is 30.3 Å². The summed E-state index contributed by atoms with van der Waals surface area (Å²) in [7, 11) is -2.02. The van der Waals surface area contributed by atoms with Crippen LogP contribution in [-0.4, -0.2) is 20.1 Å². The zero-order valence-corrected chi connectivity index (χ0v) is 15.3. The summed E-state index contributed by atoms with van der Waals surface area (Å²) in [5.74, 6) is 0.0455. The standard InChI is InChI=1S/C19H24O2Si/c1-13(21)17-15-11-9-7-8-10-14(15)16(12-20)18(17)22(5,6)19(2,3)4/h7-12H,1-6H3. The van der Waals surface area contributed by atoms with Crippen LogP contribution in [0, 0.1) is 0 Å². The molecule has 0 fully saturated rings. The minimum Gasteiger partial charge on any atom is -0.298 e. The predicted molar refractivity (Wildman–Crippen MR) is 95.3 cm³/mol. The molecular weight excluding hydrogens is 288 g/mol. The van der Waals surface area contributed by atoms with Gasteiger partial charge in [0.2, 0.25) is 0 Å². The van der Waals surface area contributed by atoms with Gasteiger partial charge in [0.05, 0.1) is 8.07 Å². The number of rotatable bonds is 3. The van der Waals surface area contributed by atoms with E-state index in [9.17, 15) is 9.59 Å². The average Bonchev–Trinajstić information content (AvgIpc) is 2.54. The van der Waals surface area contributed by atoms with Crippen molar-refractivity contribution in [3.8, 4) is 11.1 Å². The van der Waals surface area contributed by atoms with Crippen molar-refractivity contribution >= 4 is 25.3 Å². The van der Waals surface area contributed by atoms with E-state index in [0.717, 1.165) is 28.2 Å². The molecule has 2 rings (SSSR count). The number of hydrogen-bond donors (Lipinski definition) is 0. The zero-order valence-electron chi connectivity index (χ0n) is 14.3. The molecule has 0 aromatic rings. The van der Waals surface area contributed by atoms with Gasteiger partial charge in [0, 0.05) is 11.1 Å². The molecule has 0 aromatic carbocycles. The molecule has 2 aliphatic rings. The van der Waals surface area contributed by atoms with Crippen molar-refractivity contribution in [3.63, 3.8) is 0 Å². The van der Waals surface area contributed by atoms with Crippen molar-refractivity contribution in [2.45, 2.75) is 45.8 Å². The van der Waals surface area contributed by atoms with Gasteiger partial charge in [-0.25, -0.2) is 0 Å². The molecule has 3 heteroatoms. The first kappa shape index (κ1) is 16.6. The van der Waals surface area contributed by atoms with Crippen LogP contribution in [0.4, 0.5) is 0 Å². The summed E-state index contributed by atoms with van der Waals surface area (Å²) in [4.78, 5) is 24.3. The van der Waals surface area contributed by atoms with Gasteiger partial charge in [0.25, 0.3) is 0 Å². The molecule has 116 valence electrons. The second-order valence-corrected chi connectivity index (χ2v) is 12.7.